The number of benzene rings is 2. The number of sulfonamides is 1. The maximum absolute atomic E-state index is 13.0. The molecule has 3 heterocycles. The summed E-state index contributed by atoms with van der Waals surface area (Å²) in [6, 6.07) is 11.5. The first-order valence-corrected chi connectivity index (χ1v) is 11.7. The SMILES string of the molecule is Nc1ccc(S(=O)(=O)N2CCCN(Cc3nc4c5c(cccc5n3)C(=O)N=N4)CC2)cc1. The van der Waals surface area contributed by atoms with Crippen molar-refractivity contribution in [3.63, 3.8) is 0 Å². The van der Waals surface area contributed by atoms with Gasteiger partial charge in [-0.2, -0.15) is 4.31 Å². The minimum atomic E-state index is -3.58. The van der Waals surface area contributed by atoms with Crippen LogP contribution in [0.2, 0.25) is 0 Å². The molecule has 0 aliphatic carbocycles. The fourth-order valence-electron chi connectivity index (χ4n) is 4.01. The molecule has 0 spiro atoms. The molecule has 2 aliphatic rings. The van der Waals surface area contributed by atoms with Gasteiger partial charge in [0.25, 0.3) is 5.91 Å². The monoisotopic (exact) mass is 451 g/mol. The lowest BCUT2D eigenvalue weighted by Gasteiger charge is -2.21. The van der Waals surface area contributed by atoms with Gasteiger partial charge in [-0.3, -0.25) is 9.69 Å². The van der Waals surface area contributed by atoms with Crippen LogP contribution in [0.4, 0.5) is 11.5 Å². The fourth-order valence-corrected chi connectivity index (χ4v) is 5.48. The van der Waals surface area contributed by atoms with E-state index in [0.717, 1.165) is 0 Å². The molecule has 2 aliphatic heterocycles. The number of rotatable bonds is 4. The molecule has 0 atom stereocenters. The molecule has 1 fully saturated rings. The molecule has 0 bridgehead atoms. The van der Waals surface area contributed by atoms with Gasteiger partial charge in [-0.25, -0.2) is 18.4 Å². The van der Waals surface area contributed by atoms with Gasteiger partial charge >= 0.3 is 0 Å². The van der Waals surface area contributed by atoms with Crippen LogP contribution >= 0.6 is 0 Å². The Bertz CT molecular complexity index is 1340. The molecule has 1 amide bonds. The molecule has 5 rings (SSSR count). The summed E-state index contributed by atoms with van der Waals surface area (Å²) in [5.74, 6) is 0.560. The zero-order valence-corrected chi connectivity index (χ0v) is 18.0. The molecule has 0 radical (unpaired) electrons. The van der Waals surface area contributed by atoms with E-state index in [4.69, 9.17) is 5.73 Å². The Morgan fingerprint density at radius 2 is 1.75 bits per heavy atom. The normalized spacial score (nSPS) is 17.6. The highest BCUT2D eigenvalue weighted by Crippen LogP contribution is 2.31. The molecular formula is C21H21N7O3S. The van der Waals surface area contributed by atoms with Crippen molar-refractivity contribution >= 4 is 38.3 Å². The van der Waals surface area contributed by atoms with Crippen LogP contribution in [0.25, 0.3) is 10.9 Å². The quantitative estimate of drug-likeness (QED) is 0.602. The highest BCUT2D eigenvalue weighted by molar-refractivity contribution is 7.89. The van der Waals surface area contributed by atoms with Crippen LogP contribution < -0.4 is 5.73 Å². The van der Waals surface area contributed by atoms with Crippen LogP contribution in [0.5, 0.6) is 0 Å². The second-order valence-electron chi connectivity index (χ2n) is 7.77. The maximum atomic E-state index is 13.0. The van der Waals surface area contributed by atoms with Gasteiger partial charge in [-0.05, 0) is 49.4 Å². The Balaban J connectivity index is 1.34. The van der Waals surface area contributed by atoms with E-state index in [9.17, 15) is 13.2 Å². The van der Waals surface area contributed by atoms with Crippen molar-refractivity contribution in [2.45, 2.75) is 17.9 Å². The first kappa shape index (κ1) is 20.6. The van der Waals surface area contributed by atoms with E-state index >= 15 is 0 Å². The molecule has 2 aromatic carbocycles. The van der Waals surface area contributed by atoms with E-state index in [1.807, 2.05) is 6.07 Å². The lowest BCUT2D eigenvalue weighted by atomic mass is 10.1. The van der Waals surface area contributed by atoms with Crippen LogP contribution in [0.15, 0.2) is 57.6 Å². The van der Waals surface area contributed by atoms with Crippen LogP contribution in [-0.4, -0.2) is 59.7 Å². The Hall–Kier alpha value is -3.28. The van der Waals surface area contributed by atoms with Crippen molar-refractivity contribution in [2.24, 2.45) is 10.2 Å². The first-order chi connectivity index (χ1) is 15.4. The summed E-state index contributed by atoms with van der Waals surface area (Å²) < 4.78 is 27.5. The van der Waals surface area contributed by atoms with Crippen molar-refractivity contribution in [3.05, 3.63) is 53.9 Å². The summed E-state index contributed by atoms with van der Waals surface area (Å²) in [7, 11) is -3.58. The minimum Gasteiger partial charge on any atom is -0.399 e. The van der Waals surface area contributed by atoms with Gasteiger partial charge in [-0.1, -0.05) is 6.07 Å². The summed E-state index contributed by atoms with van der Waals surface area (Å²) in [5.41, 5.74) is 7.31. The zero-order valence-electron chi connectivity index (χ0n) is 17.2. The Morgan fingerprint density at radius 3 is 2.56 bits per heavy atom. The third-order valence-corrected chi connectivity index (χ3v) is 7.56. The highest BCUT2D eigenvalue weighted by Gasteiger charge is 2.27. The Morgan fingerprint density at radius 1 is 0.938 bits per heavy atom. The minimum absolute atomic E-state index is 0.243. The van der Waals surface area contributed by atoms with Crippen LogP contribution in [0.1, 0.15) is 22.6 Å². The summed E-state index contributed by atoms with van der Waals surface area (Å²) in [5, 5.41) is 8.25. The third-order valence-electron chi connectivity index (χ3n) is 5.65. The van der Waals surface area contributed by atoms with Gasteiger partial charge in [0.2, 0.25) is 10.0 Å². The molecule has 0 unspecified atom stereocenters. The largest absolute Gasteiger partial charge is 0.399 e. The van der Waals surface area contributed by atoms with Crippen LogP contribution in [-0.2, 0) is 16.6 Å². The molecule has 2 N–H and O–H groups in total. The molecule has 1 saturated heterocycles. The molecule has 10 nitrogen and oxygen atoms in total. The molecule has 164 valence electrons. The number of carbonyl (C=O) groups excluding carboxylic acids is 1. The summed E-state index contributed by atoms with van der Waals surface area (Å²) >= 11 is 0. The summed E-state index contributed by atoms with van der Waals surface area (Å²) in [6.07, 6.45) is 0.687. The van der Waals surface area contributed by atoms with Crippen LogP contribution in [0, 0.1) is 0 Å². The molecule has 1 aromatic heterocycles. The lowest BCUT2D eigenvalue weighted by Crippen LogP contribution is -2.35. The van der Waals surface area contributed by atoms with Crippen molar-refractivity contribution in [2.75, 3.05) is 31.9 Å². The van der Waals surface area contributed by atoms with E-state index in [1.165, 1.54) is 16.4 Å². The summed E-state index contributed by atoms with van der Waals surface area (Å²) in [6.45, 7) is 2.51. The number of amides is 1. The highest BCUT2D eigenvalue weighted by atomic mass is 32.2. The number of nitrogens with two attached hydrogens (primary N) is 1. The molecule has 0 saturated carbocycles. The van der Waals surface area contributed by atoms with E-state index in [1.54, 1.807) is 24.3 Å². The zero-order chi connectivity index (χ0) is 22.3. The van der Waals surface area contributed by atoms with Gasteiger partial charge in [0.15, 0.2) is 5.82 Å². The van der Waals surface area contributed by atoms with E-state index < -0.39 is 15.9 Å². The molecular weight excluding hydrogens is 430 g/mol. The Kier molecular flexibility index (Phi) is 5.16. The number of nitrogen functional groups attached to an aromatic ring is 1. The predicted octanol–water partition coefficient (Wildman–Crippen LogP) is 2.35. The predicted molar refractivity (Wildman–Crippen MR) is 118 cm³/mol. The van der Waals surface area contributed by atoms with E-state index in [2.05, 4.69) is 25.1 Å². The lowest BCUT2D eigenvalue weighted by molar-refractivity contribution is 0.0995. The smallest absolute Gasteiger partial charge is 0.296 e. The number of nitrogens with zero attached hydrogens (tertiary/aromatic N) is 6. The second kappa shape index (κ2) is 8.01. The number of hydrogen-bond acceptors (Lipinski definition) is 8. The first-order valence-electron chi connectivity index (χ1n) is 10.3. The number of aromatic nitrogens is 2. The van der Waals surface area contributed by atoms with Gasteiger partial charge in [0.1, 0.15) is 5.82 Å². The third kappa shape index (κ3) is 3.74. The summed E-state index contributed by atoms with van der Waals surface area (Å²) in [4.78, 5) is 23.4. The van der Waals surface area contributed by atoms with Crippen molar-refractivity contribution in [1.82, 2.24) is 19.2 Å². The van der Waals surface area contributed by atoms with E-state index in [0.29, 0.717) is 72.9 Å². The average molecular weight is 452 g/mol. The van der Waals surface area contributed by atoms with Gasteiger partial charge < -0.3 is 5.73 Å². The number of hydrogen-bond donors (Lipinski definition) is 1. The Labute approximate surface area is 184 Å². The molecule has 11 heteroatoms. The maximum Gasteiger partial charge on any atom is 0.296 e. The topological polar surface area (TPSA) is 134 Å². The van der Waals surface area contributed by atoms with Gasteiger partial charge in [-0.15, -0.1) is 10.2 Å². The number of anilines is 1. The van der Waals surface area contributed by atoms with Gasteiger partial charge in [0, 0.05) is 25.3 Å². The van der Waals surface area contributed by atoms with Crippen molar-refractivity contribution < 1.29 is 13.2 Å². The van der Waals surface area contributed by atoms with Gasteiger partial charge in [0.05, 0.1) is 27.9 Å². The van der Waals surface area contributed by atoms with Crippen molar-refractivity contribution in [1.29, 1.82) is 0 Å². The molecule has 32 heavy (non-hydrogen) atoms. The molecule has 3 aromatic rings. The van der Waals surface area contributed by atoms with Crippen molar-refractivity contribution in [3.8, 4) is 0 Å². The second-order valence-corrected chi connectivity index (χ2v) is 9.71. The number of azo groups is 1. The standard InChI is InChI=1S/C21H21N7O3S/c22-14-5-7-15(8-6-14)32(30,31)28-10-2-9-27(11-12-28)13-18-23-17-4-1-3-16-19(17)20(24-18)25-26-21(16)29/h1,3-8H,2,9-13,22H2. The van der Waals surface area contributed by atoms with Crippen LogP contribution in [0.3, 0.4) is 0 Å². The number of carbonyl (C=O) groups is 1. The average Bonchev–Trinajstić information content (AvgIpc) is 3.02. The fraction of sp³-hybridized carbons (Fsp3) is 0.286. The van der Waals surface area contributed by atoms with E-state index in [-0.39, 0.29) is 4.90 Å².